The molecular weight excluding hydrogens is 339 g/mol. The zero-order valence-corrected chi connectivity index (χ0v) is 13.0. The number of likely N-dealkylation sites (tertiary alicyclic amines) is 1. The molecule has 0 aliphatic carbocycles. The molecule has 2 unspecified atom stereocenters. The first kappa shape index (κ1) is 14.2. The van der Waals surface area contributed by atoms with E-state index in [0.717, 1.165) is 25.9 Å². The number of hydrogen-bond acceptors (Lipinski definition) is 3. The van der Waals surface area contributed by atoms with Gasteiger partial charge in [-0.1, -0.05) is 12.1 Å². The van der Waals surface area contributed by atoms with Gasteiger partial charge >= 0.3 is 0 Å². The Balaban J connectivity index is 1.97. The van der Waals surface area contributed by atoms with E-state index in [1.807, 2.05) is 0 Å². The standard InChI is InChI=1S/C14H21IN2O/c1-18-14-6-7-17(13(8-14)9-16)10-11-2-4-12(15)5-3-11/h2-5,13-14H,6-10,16H2,1H3. The van der Waals surface area contributed by atoms with Crippen LogP contribution in [0.15, 0.2) is 24.3 Å². The molecule has 1 aliphatic heterocycles. The van der Waals surface area contributed by atoms with Gasteiger partial charge in [-0.05, 0) is 53.1 Å². The Kier molecular flexibility index (Phi) is 5.41. The molecule has 4 heteroatoms. The van der Waals surface area contributed by atoms with Crippen LogP contribution < -0.4 is 5.73 Å². The van der Waals surface area contributed by atoms with Crippen molar-refractivity contribution in [1.29, 1.82) is 0 Å². The first-order chi connectivity index (χ1) is 8.72. The van der Waals surface area contributed by atoms with Gasteiger partial charge in [0.05, 0.1) is 6.10 Å². The summed E-state index contributed by atoms with van der Waals surface area (Å²) >= 11 is 2.34. The van der Waals surface area contributed by atoms with Gasteiger partial charge in [0.2, 0.25) is 0 Å². The van der Waals surface area contributed by atoms with Crippen LogP contribution in [-0.4, -0.2) is 37.2 Å². The topological polar surface area (TPSA) is 38.5 Å². The van der Waals surface area contributed by atoms with Crippen LogP contribution in [0.5, 0.6) is 0 Å². The van der Waals surface area contributed by atoms with Gasteiger partial charge in [-0.15, -0.1) is 0 Å². The van der Waals surface area contributed by atoms with Crippen molar-refractivity contribution < 1.29 is 4.74 Å². The first-order valence-corrected chi connectivity index (χ1v) is 7.52. The quantitative estimate of drug-likeness (QED) is 0.837. The van der Waals surface area contributed by atoms with E-state index in [2.05, 4.69) is 51.8 Å². The molecular formula is C14H21IN2O. The number of ether oxygens (including phenoxy) is 1. The molecule has 0 radical (unpaired) electrons. The van der Waals surface area contributed by atoms with E-state index in [9.17, 15) is 0 Å². The molecule has 0 amide bonds. The average molecular weight is 360 g/mol. The van der Waals surface area contributed by atoms with Crippen molar-refractivity contribution in [3.05, 3.63) is 33.4 Å². The number of rotatable bonds is 4. The SMILES string of the molecule is COC1CCN(Cc2ccc(I)cc2)C(CN)C1. The summed E-state index contributed by atoms with van der Waals surface area (Å²) < 4.78 is 6.74. The molecule has 3 nitrogen and oxygen atoms in total. The van der Waals surface area contributed by atoms with E-state index in [4.69, 9.17) is 10.5 Å². The molecule has 1 heterocycles. The molecule has 1 aromatic rings. The van der Waals surface area contributed by atoms with Gasteiger partial charge in [0.1, 0.15) is 0 Å². The Morgan fingerprint density at radius 1 is 1.39 bits per heavy atom. The molecule has 1 aliphatic rings. The lowest BCUT2D eigenvalue weighted by Gasteiger charge is -2.38. The fraction of sp³-hybridized carbons (Fsp3) is 0.571. The Morgan fingerprint density at radius 3 is 2.72 bits per heavy atom. The molecule has 0 saturated carbocycles. The smallest absolute Gasteiger partial charge is 0.0599 e. The van der Waals surface area contributed by atoms with E-state index < -0.39 is 0 Å². The van der Waals surface area contributed by atoms with Crippen molar-refractivity contribution in [2.75, 3.05) is 20.2 Å². The third-order valence-electron chi connectivity index (χ3n) is 3.69. The van der Waals surface area contributed by atoms with E-state index in [0.29, 0.717) is 18.7 Å². The lowest BCUT2D eigenvalue weighted by atomic mass is 9.98. The summed E-state index contributed by atoms with van der Waals surface area (Å²) in [6, 6.07) is 9.18. The average Bonchev–Trinajstić information content (AvgIpc) is 2.41. The minimum Gasteiger partial charge on any atom is -0.381 e. The monoisotopic (exact) mass is 360 g/mol. The highest BCUT2D eigenvalue weighted by molar-refractivity contribution is 14.1. The number of benzene rings is 1. The van der Waals surface area contributed by atoms with Crippen LogP contribution in [0.25, 0.3) is 0 Å². The third kappa shape index (κ3) is 3.66. The van der Waals surface area contributed by atoms with E-state index in [1.165, 1.54) is 9.13 Å². The second-order valence-corrected chi connectivity index (χ2v) is 6.11. The van der Waals surface area contributed by atoms with E-state index >= 15 is 0 Å². The lowest BCUT2D eigenvalue weighted by Crippen LogP contribution is -2.47. The Morgan fingerprint density at radius 2 is 2.11 bits per heavy atom. The molecule has 0 spiro atoms. The van der Waals surface area contributed by atoms with Crippen molar-refractivity contribution in [3.63, 3.8) is 0 Å². The maximum atomic E-state index is 5.89. The first-order valence-electron chi connectivity index (χ1n) is 6.44. The Labute approximate surface area is 123 Å². The van der Waals surface area contributed by atoms with Crippen molar-refractivity contribution in [2.24, 2.45) is 5.73 Å². The molecule has 2 atom stereocenters. The maximum absolute atomic E-state index is 5.89. The van der Waals surface area contributed by atoms with Gasteiger partial charge in [-0.2, -0.15) is 0 Å². The minimum atomic E-state index is 0.381. The van der Waals surface area contributed by atoms with Crippen LogP contribution in [0, 0.1) is 3.57 Å². The summed E-state index contributed by atoms with van der Waals surface area (Å²) in [5.41, 5.74) is 7.26. The maximum Gasteiger partial charge on any atom is 0.0599 e. The zero-order chi connectivity index (χ0) is 13.0. The second-order valence-electron chi connectivity index (χ2n) is 4.87. The number of halogens is 1. The van der Waals surface area contributed by atoms with Gasteiger partial charge in [-0.25, -0.2) is 0 Å². The van der Waals surface area contributed by atoms with Crippen LogP contribution in [0.4, 0.5) is 0 Å². The third-order valence-corrected chi connectivity index (χ3v) is 4.41. The summed E-state index contributed by atoms with van der Waals surface area (Å²) in [4.78, 5) is 2.48. The highest BCUT2D eigenvalue weighted by Gasteiger charge is 2.27. The molecule has 0 bridgehead atoms. The summed E-state index contributed by atoms with van der Waals surface area (Å²) in [5, 5.41) is 0. The molecule has 2 rings (SSSR count). The van der Waals surface area contributed by atoms with E-state index in [-0.39, 0.29) is 0 Å². The van der Waals surface area contributed by atoms with Gasteiger partial charge < -0.3 is 10.5 Å². The number of nitrogens with zero attached hydrogens (tertiary/aromatic N) is 1. The normalized spacial score (nSPS) is 25.3. The fourth-order valence-electron chi connectivity index (χ4n) is 2.55. The predicted molar refractivity (Wildman–Crippen MR) is 82.4 cm³/mol. The van der Waals surface area contributed by atoms with Crippen LogP contribution in [0.1, 0.15) is 18.4 Å². The highest BCUT2D eigenvalue weighted by Crippen LogP contribution is 2.21. The van der Waals surface area contributed by atoms with Crippen molar-refractivity contribution >= 4 is 22.6 Å². The summed E-state index contributed by atoms with van der Waals surface area (Å²) in [7, 11) is 1.80. The minimum absolute atomic E-state index is 0.381. The molecule has 1 fully saturated rings. The van der Waals surface area contributed by atoms with Gasteiger partial charge in [-0.3, -0.25) is 4.90 Å². The molecule has 1 saturated heterocycles. The van der Waals surface area contributed by atoms with Crippen LogP contribution in [-0.2, 0) is 11.3 Å². The van der Waals surface area contributed by atoms with Crippen LogP contribution >= 0.6 is 22.6 Å². The highest BCUT2D eigenvalue weighted by atomic mass is 127. The lowest BCUT2D eigenvalue weighted by molar-refractivity contribution is 0.0102. The summed E-state index contributed by atoms with van der Waals surface area (Å²) in [5.74, 6) is 0. The zero-order valence-electron chi connectivity index (χ0n) is 10.8. The van der Waals surface area contributed by atoms with Gasteiger partial charge in [0.15, 0.2) is 0 Å². The van der Waals surface area contributed by atoms with Crippen LogP contribution in [0.3, 0.4) is 0 Å². The summed E-state index contributed by atoms with van der Waals surface area (Å²) in [6.45, 7) is 2.78. The molecule has 18 heavy (non-hydrogen) atoms. The largest absolute Gasteiger partial charge is 0.381 e. The van der Waals surface area contributed by atoms with Crippen LogP contribution in [0.2, 0.25) is 0 Å². The van der Waals surface area contributed by atoms with Crippen molar-refractivity contribution in [2.45, 2.75) is 31.5 Å². The molecule has 2 N–H and O–H groups in total. The number of hydrogen-bond donors (Lipinski definition) is 1. The molecule has 1 aromatic carbocycles. The van der Waals surface area contributed by atoms with Gasteiger partial charge in [0, 0.05) is 36.4 Å². The van der Waals surface area contributed by atoms with Crippen molar-refractivity contribution in [1.82, 2.24) is 4.90 Å². The number of methoxy groups -OCH3 is 1. The molecule has 0 aromatic heterocycles. The van der Waals surface area contributed by atoms with E-state index in [1.54, 1.807) is 7.11 Å². The molecule has 100 valence electrons. The predicted octanol–water partition coefficient (Wildman–Crippen LogP) is 2.23. The number of nitrogens with two attached hydrogens (primary N) is 1. The van der Waals surface area contributed by atoms with Gasteiger partial charge in [0.25, 0.3) is 0 Å². The number of piperidine rings is 1. The Bertz CT molecular complexity index is 369. The van der Waals surface area contributed by atoms with Crippen molar-refractivity contribution in [3.8, 4) is 0 Å². The Hall–Kier alpha value is -0.170. The fourth-order valence-corrected chi connectivity index (χ4v) is 2.91. The second kappa shape index (κ2) is 6.84. The summed E-state index contributed by atoms with van der Waals surface area (Å²) in [6.07, 6.45) is 2.54.